The molecule has 4 aliphatic rings. The van der Waals surface area contributed by atoms with Crippen molar-refractivity contribution in [2.24, 2.45) is 0 Å². The first kappa shape index (κ1) is 16.1. The number of carbonyl (C=O) groups excluding carboxylic acids is 1. The Balaban J connectivity index is 1.62. The van der Waals surface area contributed by atoms with Crippen LogP contribution in [0.15, 0.2) is 24.3 Å². The minimum absolute atomic E-state index is 0.0950. The van der Waals surface area contributed by atoms with E-state index in [0.29, 0.717) is 35.0 Å². The number of benzene rings is 2. The van der Waals surface area contributed by atoms with Crippen molar-refractivity contribution in [2.45, 2.75) is 30.9 Å². The molecule has 1 amide bonds. The zero-order valence-corrected chi connectivity index (χ0v) is 15.5. The van der Waals surface area contributed by atoms with E-state index in [1.807, 2.05) is 31.2 Å². The molecule has 7 heteroatoms. The Kier molecular flexibility index (Phi) is 2.93. The fourth-order valence-corrected chi connectivity index (χ4v) is 5.22. The molecule has 0 radical (unpaired) electrons. The van der Waals surface area contributed by atoms with Gasteiger partial charge in [0.15, 0.2) is 23.0 Å². The molecule has 2 aromatic rings. The first-order valence-corrected chi connectivity index (χ1v) is 9.31. The number of rotatable bonds is 0. The highest BCUT2D eigenvalue weighted by Gasteiger charge is 2.56. The summed E-state index contributed by atoms with van der Waals surface area (Å²) in [5.41, 5.74) is 2.54. The van der Waals surface area contributed by atoms with Gasteiger partial charge >= 0.3 is 0 Å². The largest absolute Gasteiger partial charge is 0.454 e. The molecule has 0 aromatic heterocycles. The standard InChI is InChI=1S/C21H19NO6/c1-21-12-3-4-13-18(28-9-25-13)17(12)20(24)22(2)19(21)11-7-15-14(26-8-27-15)5-10(11)6-16(21)23/h3-5,7,16,19,23H,6,8-9H2,1-2H3/t16-,19-,21+/m0/s1. The molecule has 3 atom stereocenters. The van der Waals surface area contributed by atoms with Gasteiger partial charge in [-0.3, -0.25) is 4.79 Å². The molecule has 28 heavy (non-hydrogen) atoms. The van der Waals surface area contributed by atoms with Gasteiger partial charge in [0, 0.05) is 12.5 Å². The van der Waals surface area contributed by atoms with Crippen LogP contribution < -0.4 is 18.9 Å². The van der Waals surface area contributed by atoms with Gasteiger partial charge in [0.1, 0.15) is 0 Å². The maximum Gasteiger partial charge on any atom is 0.258 e. The number of ether oxygens (including phenoxy) is 4. The maximum atomic E-state index is 13.4. The molecule has 1 N–H and O–H groups in total. The third-order valence-corrected chi connectivity index (χ3v) is 6.64. The maximum absolute atomic E-state index is 13.4. The predicted octanol–water partition coefficient (Wildman–Crippen LogP) is 2.15. The fourth-order valence-electron chi connectivity index (χ4n) is 5.22. The van der Waals surface area contributed by atoms with Gasteiger partial charge in [-0.15, -0.1) is 0 Å². The zero-order chi connectivity index (χ0) is 19.2. The third kappa shape index (κ3) is 1.75. The van der Waals surface area contributed by atoms with Gasteiger partial charge in [-0.2, -0.15) is 0 Å². The average molecular weight is 381 g/mol. The monoisotopic (exact) mass is 381 g/mol. The van der Waals surface area contributed by atoms with Gasteiger partial charge < -0.3 is 29.0 Å². The lowest BCUT2D eigenvalue weighted by atomic mass is 9.60. The Morgan fingerprint density at radius 2 is 1.79 bits per heavy atom. The van der Waals surface area contributed by atoms with E-state index in [0.717, 1.165) is 16.7 Å². The molecule has 0 saturated heterocycles. The molecule has 0 unspecified atom stereocenters. The van der Waals surface area contributed by atoms with Gasteiger partial charge in [-0.25, -0.2) is 0 Å². The van der Waals surface area contributed by atoms with Crippen molar-refractivity contribution in [2.75, 3.05) is 20.6 Å². The van der Waals surface area contributed by atoms with Crippen LogP contribution in [0.1, 0.15) is 40.0 Å². The Morgan fingerprint density at radius 1 is 1.07 bits per heavy atom. The number of likely N-dealkylation sites (N-methyl/N-ethyl adjacent to an activating group) is 1. The van der Waals surface area contributed by atoms with Crippen molar-refractivity contribution in [1.29, 1.82) is 0 Å². The zero-order valence-electron chi connectivity index (χ0n) is 15.5. The SMILES string of the molecule is CN1C(=O)c2c(ccc3c2OCO3)[C@@]2(C)[C@@H]1c1cc3c(cc1C[C@@H]2O)OCO3. The van der Waals surface area contributed by atoms with Crippen LogP contribution in [-0.2, 0) is 11.8 Å². The van der Waals surface area contributed by atoms with Gasteiger partial charge in [0.2, 0.25) is 13.6 Å². The van der Waals surface area contributed by atoms with E-state index in [2.05, 4.69) is 0 Å². The Bertz CT molecular complexity index is 1050. The van der Waals surface area contributed by atoms with Crippen LogP contribution in [0.4, 0.5) is 0 Å². The van der Waals surface area contributed by atoms with E-state index in [1.165, 1.54) is 0 Å². The molecule has 6 rings (SSSR count). The Morgan fingerprint density at radius 3 is 2.61 bits per heavy atom. The number of fused-ring (bicyclic) bond motifs is 8. The molecular weight excluding hydrogens is 362 g/mol. The van der Waals surface area contributed by atoms with Gasteiger partial charge in [0.05, 0.1) is 17.7 Å². The number of hydrogen-bond donors (Lipinski definition) is 1. The number of aliphatic hydroxyl groups is 1. The van der Waals surface area contributed by atoms with Crippen LogP contribution in [0.5, 0.6) is 23.0 Å². The second-order valence-corrected chi connectivity index (χ2v) is 7.95. The topological polar surface area (TPSA) is 77.5 Å². The van der Waals surface area contributed by atoms with Crippen LogP contribution >= 0.6 is 0 Å². The smallest absolute Gasteiger partial charge is 0.258 e. The van der Waals surface area contributed by atoms with Crippen LogP contribution in [0.2, 0.25) is 0 Å². The summed E-state index contributed by atoms with van der Waals surface area (Å²) in [7, 11) is 1.77. The molecule has 144 valence electrons. The number of nitrogens with zero attached hydrogens (tertiary/aromatic N) is 1. The highest BCUT2D eigenvalue weighted by molar-refractivity contribution is 6.01. The van der Waals surface area contributed by atoms with E-state index < -0.39 is 11.5 Å². The third-order valence-electron chi connectivity index (χ3n) is 6.64. The summed E-state index contributed by atoms with van der Waals surface area (Å²) in [6.07, 6.45) is -0.213. The molecule has 0 bridgehead atoms. The van der Waals surface area contributed by atoms with Crippen LogP contribution in [0.3, 0.4) is 0 Å². The van der Waals surface area contributed by atoms with Crippen molar-refractivity contribution in [3.05, 3.63) is 46.5 Å². The van der Waals surface area contributed by atoms with Crippen molar-refractivity contribution in [3.8, 4) is 23.0 Å². The molecule has 3 heterocycles. The minimum atomic E-state index is -0.695. The van der Waals surface area contributed by atoms with Gasteiger partial charge in [-0.05, 0) is 41.3 Å². The summed E-state index contributed by atoms with van der Waals surface area (Å²) in [6.45, 7) is 2.29. The molecule has 0 fully saturated rings. The molecule has 2 aromatic carbocycles. The summed E-state index contributed by atoms with van der Waals surface area (Å²) < 4.78 is 22.2. The number of aliphatic hydroxyl groups excluding tert-OH is 1. The van der Waals surface area contributed by atoms with E-state index in [1.54, 1.807) is 11.9 Å². The molecular formula is C21H19NO6. The van der Waals surface area contributed by atoms with Crippen molar-refractivity contribution in [1.82, 2.24) is 4.90 Å². The van der Waals surface area contributed by atoms with E-state index in [4.69, 9.17) is 18.9 Å². The first-order valence-electron chi connectivity index (χ1n) is 9.31. The average Bonchev–Trinajstić information content (AvgIpc) is 3.33. The van der Waals surface area contributed by atoms with E-state index in [-0.39, 0.29) is 25.5 Å². The van der Waals surface area contributed by atoms with Gasteiger partial charge in [-0.1, -0.05) is 13.0 Å². The normalized spacial score (nSPS) is 28.7. The Labute approximate surface area is 161 Å². The summed E-state index contributed by atoms with van der Waals surface area (Å²) in [6, 6.07) is 7.26. The molecule has 1 aliphatic carbocycles. The Hall–Kier alpha value is -2.93. The fraction of sp³-hybridized carbons (Fsp3) is 0.381. The predicted molar refractivity (Wildman–Crippen MR) is 97.0 cm³/mol. The number of carbonyl (C=O) groups is 1. The second kappa shape index (κ2) is 5.11. The first-order chi connectivity index (χ1) is 13.5. The molecule has 7 nitrogen and oxygen atoms in total. The highest BCUT2D eigenvalue weighted by atomic mass is 16.7. The second-order valence-electron chi connectivity index (χ2n) is 7.95. The summed E-state index contributed by atoms with van der Waals surface area (Å²) in [5, 5.41) is 11.3. The van der Waals surface area contributed by atoms with Crippen molar-refractivity contribution < 1.29 is 28.8 Å². The number of hydrogen-bond acceptors (Lipinski definition) is 6. The van der Waals surface area contributed by atoms with E-state index >= 15 is 0 Å². The van der Waals surface area contributed by atoms with Crippen LogP contribution in [-0.4, -0.2) is 42.7 Å². The minimum Gasteiger partial charge on any atom is -0.454 e. The quantitative estimate of drug-likeness (QED) is 0.754. The summed E-state index contributed by atoms with van der Waals surface area (Å²) in [4.78, 5) is 15.1. The summed E-state index contributed by atoms with van der Waals surface area (Å²) >= 11 is 0. The molecule has 0 spiro atoms. The van der Waals surface area contributed by atoms with Crippen molar-refractivity contribution in [3.63, 3.8) is 0 Å². The van der Waals surface area contributed by atoms with Crippen molar-refractivity contribution >= 4 is 5.91 Å². The summed E-state index contributed by atoms with van der Waals surface area (Å²) in [5.74, 6) is 2.25. The molecule has 0 saturated carbocycles. The van der Waals surface area contributed by atoms with Gasteiger partial charge in [0.25, 0.3) is 5.91 Å². The van der Waals surface area contributed by atoms with Crippen LogP contribution in [0, 0.1) is 0 Å². The number of amides is 1. The lowest BCUT2D eigenvalue weighted by Crippen LogP contribution is -2.57. The highest BCUT2D eigenvalue weighted by Crippen LogP contribution is 2.57. The molecule has 3 aliphatic heterocycles. The lowest BCUT2D eigenvalue weighted by Gasteiger charge is -2.53. The lowest BCUT2D eigenvalue weighted by molar-refractivity contribution is 0.00594. The van der Waals surface area contributed by atoms with Crippen LogP contribution in [0.25, 0.3) is 0 Å². The van der Waals surface area contributed by atoms with E-state index in [9.17, 15) is 9.90 Å².